The Morgan fingerprint density at radius 2 is 1.75 bits per heavy atom. The molecule has 0 atom stereocenters. The van der Waals surface area contributed by atoms with Crippen molar-refractivity contribution in [1.82, 2.24) is 15.1 Å². The van der Waals surface area contributed by atoms with Crippen LogP contribution in [0.4, 0.5) is 0 Å². The van der Waals surface area contributed by atoms with Gasteiger partial charge in [0.15, 0.2) is 0 Å². The quantitative estimate of drug-likeness (QED) is 0.835. The second kappa shape index (κ2) is 7.24. The Hall–Kier alpha value is -0.120. The largest absolute Gasteiger partial charge is 0.319 e. The Morgan fingerprint density at radius 3 is 2.30 bits per heavy atom. The lowest BCUT2D eigenvalue weighted by molar-refractivity contribution is 0.0597. The summed E-state index contributed by atoms with van der Waals surface area (Å²) in [5, 5.41) is 3.47. The average molecular weight is 281 g/mol. The van der Waals surface area contributed by atoms with Crippen LogP contribution in [0.25, 0.3) is 0 Å². The zero-order valence-electron chi connectivity index (χ0n) is 14.1. The van der Waals surface area contributed by atoms with Gasteiger partial charge in [0, 0.05) is 19.1 Å². The van der Waals surface area contributed by atoms with Gasteiger partial charge in [0.1, 0.15) is 0 Å². The molecule has 3 nitrogen and oxygen atoms in total. The van der Waals surface area contributed by atoms with Crippen molar-refractivity contribution in [2.45, 2.75) is 51.5 Å². The molecule has 1 saturated carbocycles. The summed E-state index contributed by atoms with van der Waals surface area (Å²) in [6, 6.07) is 0.805. The number of rotatable bonds is 5. The molecule has 1 N–H and O–H groups in total. The van der Waals surface area contributed by atoms with Crippen molar-refractivity contribution in [2.24, 2.45) is 11.3 Å². The first-order valence-electron chi connectivity index (χ1n) is 8.58. The fourth-order valence-corrected chi connectivity index (χ4v) is 4.23. The molecule has 0 aromatic heterocycles. The van der Waals surface area contributed by atoms with Crippen LogP contribution < -0.4 is 5.32 Å². The molecule has 0 aromatic rings. The Bertz CT molecular complexity index is 276. The van der Waals surface area contributed by atoms with Gasteiger partial charge in [0.05, 0.1) is 0 Å². The van der Waals surface area contributed by atoms with E-state index >= 15 is 0 Å². The topological polar surface area (TPSA) is 18.5 Å². The number of hydrogen-bond acceptors (Lipinski definition) is 3. The zero-order valence-corrected chi connectivity index (χ0v) is 14.1. The number of piperidine rings is 1. The van der Waals surface area contributed by atoms with Gasteiger partial charge in [-0.2, -0.15) is 0 Å². The smallest absolute Gasteiger partial charge is 0.0117 e. The van der Waals surface area contributed by atoms with Crippen LogP contribution in [0.2, 0.25) is 0 Å². The van der Waals surface area contributed by atoms with Gasteiger partial charge in [-0.15, -0.1) is 0 Å². The summed E-state index contributed by atoms with van der Waals surface area (Å²) >= 11 is 0. The number of nitrogens with zero attached hydrogens (tertiary/aromatic N) is 2. The van der Waals surface area contributed by atoms with Gasteiger partial charge >= 0.3 is 0 Å². The molecule has 1 saturated heterocycles. The molecule has 3 heteroatoms. The maximum absolute atomic E-state index is 3.47. The molecule has 1 aliphatic carbocycles. The maximum Gasteiger partial charge on any atom is 0.0117 e. The molecule has 0 spiro atoms. The monoisotopic (exact) mass is 281 g/mol. The first-order valence-corrected chi connectivity index (χ1v) is 8.58. The molecule has 20 heavy (non-hydrogen) atoms. The average Bonchev–Trinajstić information content (AvgIpc) is 2.43. The second-order valence-electron chi connectivity index (χ2n) is 7.66. The van der Waals surface area contributed by atoms with Gasteiger partial charge < -0.3 is 15.1 Å². The molecule has 1 heterocycles. The van der Waals surface area contributed by atoms with Gasteiger partial charge in [-0.1, -0.05) is 19.8 Å². The van der Waals surface area contributed by atoms with E-state index in [2.05, 4.69) is 43.2 Å². The predicted octanol–water partition coefficient (Wildman–Crippen LogP) is 2.43. The summed E-state index contributed by atoms with van der Waals surface area (Å²) in [6.45, 7) is 7.44. The summed E-state index contributed by atoms with van der Waals surface area (Å²) in [4.78, 5) is 5.15. The molecule has 0 aromatic carbocycles. The molecule has 118 valence electrons. The van der Waals surface area contributed by atoms with Crippen molar-refractivity contribution >= 4 is 0 Å². The molecule has 0 amide bonds. The van der Waals surface area contributed by atoms with Crippen molar-refractivity contribution < 1.29 is 0 Å². The highest BCUT2D eigenvalue weighted by Gasteiger charge is 2.36. The van der Waals surface area contributed by atoms with E-state index in [-0.39, 0.29) is 0 Å². The van der Waals surface area contributed by atoms with Gasteiger partial charge in [-0.05, 0) is 71.2 Å². The summed E-state index contributed by atoms with van der Waals surface area (Å²) in [5.74, 6) is 0.939. The minimum Gasteiger partial charge on any atom is -0.319 e. The van der Waals surface area contributed by atoms with E-state index in [1.807, 2.05) is 0 Å². The summed E-state index contributed by atoms with van der Waals surface area (Å²) in [7, 11) is 6.74. The SMILES string of the molecule is CNCC1(CN(C)C2CCN(C)CC2)CCC(C)CC1. The van der Waals surface area contributed by atoms with Crippen molar-refractivity contribution in [3.63, 3.8) is 0 Å². The van der Waals surface area contributed by atoms with E-state index < -0.39 is 0 Å². The predicted molar refractivity (Wildman–Crippen MR) is 87.1 cm³/mol. The molecule has 2 rings (SSSR count). The zero-order chi connectivity index (χ0) is 14.6. The Kier molecular flexibility index (Phi) is 5.88. The number of hydrogen-bond donors (Lipinski definition) is 1. The van der Waals surface area contributed by atoms with Crippen LogP contribution in [0.1, 0.15) is 45.4 Å². The van der Waals surface area contributed by atoms with Crippen LogP contribution in [0.15, 0.2) is 0 Å². The second-order valence-corrected chi connectivity index (χ2v) is 7.66. The first kappa shape index (κ1) is 16.3. The molecular formula is C17H35N3. The molecular weight excluding hydrogens is 246 g/mol. The normalized spacial score (nSPS) is 33.8. The van der Waals surface area contributed by atoms with Gasteiger partial charge in [-0.3, -0.25) is 0 Å². The van der Waals surface area contributed by atoms with Crippen LogP contribution in [0, 0.1) is 11.3 Å². The highest BCUT2D eigenvalue weighted by molar-refractivity contribution is 4.90. The molecule has 2 aliphatic rings. The molecule has 1 aliphatic heterocycles. The van der Waals surface area contributed by atoms with Crippen molar-refractivity contribution in [2.75, 3.05) is 47.3 Å². The first-order chi connectivity index (χ1) is 9.54. The number of likely N-dealkylation sites (tertiary alicyclic amines) is 1. The minimum atomic E-state index is 0.527. The lowest BCUT2D eigenvalue weighted by Gasteiger charge is -2.45. The minimum absolute atomic E-state index is 0.527. The Balaban J connectivity index is 1.90. The van der Waals surface area contributed by atoms with Crippen molar-refractivity contribution in [1.29, 1.82) is 0 Å². The summed E-state index contributed by atoms with van der Waals surface area (Å²) < 4.78 is 0. The van der Waals surface area contributed by atoms with Crippen LogP contribution in [-0.2, 0) is 0 Å². The van der Waals surface area contributed by atoms with Crippen molar-refractivity contribution in [3.05, 3.63) is 0 Å². The third-order valence-corrected chi connectivity index (χ3v) is 5.78. The standard InChI is InChI=1S/C17H35N3/c1-15-5-9-17(10-6-15,13-18-2)14-20(4)16-7-11-19(3)12-8-16/h15-16,18H,5-14H2,1-4H3. The molecule has 2 fully saturated rings. The molecule has 0 radical (unpaired) electrons. The third kappa shape index (κ3) is 4.19. The van der Waals surface area contributed by atoms with Crippen LogP contribution in [-0.4, -0.2) is 63.2 Å². The van der Waals surface area contributed by atoms with E-state index in [9.17, 15) is 0 Å². The van der Waals surface area contributed by atoms with Crippen LogP contribution in [0.3, 0.4) is 0 Å². The van der Waals surface area contributed by atoms with E-state index in [4.69, 9.17) is 0 Å². The lowest BCUT2D eigenvalue weighted by atomic mass is 9.70. The number of nitrogens with one attached hydrogen (secondary N) is 1. The highest BCUT2D eigenvalue weighted by atomic mass is 15.2. The van der Waals surface area contributed by atoms with Gasteiger partial charge in [0.2, 0.25) is 0 Å². The van der Waals surface area contributed by atoms with E-state index in [0.29, 0.717) is 5.41 Å². The van der Waals surface area contributed by atoms with Crippen molar-refractivity contribution in [3.8, 4) is 0 Å². The van der Waals surface area contributed by atoms with E-state index in [0.717, 1.165) is 12.0 Å². The van der Waals surface area contributed by atoms with Crippen LogP contribution in [0.5, 0.6) is 0 Å². The van der Waals surface area contributed by atoms with Gasteiger partial charge in [-0.25, -0.2) is 0 Å². The summed E-state index contributed by atoms with van der Waals surface area (Å²) in [5.41, 5.74) is 0.527. The fraction of sp³-hybridized carbons (Fsp3) is 1.00. The van der Waals surface area contributed by atoms with E-state index in [1.54, 1.807) is 0 Å². The molecule has 0 bridgehead atoms. The maximum atomic E-state index is 3.47. The van der Waals surface area contributed by atoms with Crippen LogP contribution >= 0.6 is 0 Å². The van der Waals surface area contributed by atoms with E-state index in [1.165, 1.54) is 64.7 Å². The Labute approximate surface area is 126 Å². The summed E-state index contributed by atoms with van der Waals surface area (Å²) in [6.07, 6.45) is 8.35. The van der Waals surface area contributed by atoms with Gasteiger partial charge in [0.25, 0.3) is 0 Å². The third-order valence-electron chi connectivity index (χ3n) is 5.78. The fourth-order valence-electron chi connectivity index (χ4n) is 4.23. The lowest BCUT2D eigenvalue weighted by Crippen LogP contribution is -2.49. The Morgan fingerprint density at radius 1 is 1.15 bits per heavy atom. The highest BCUT2D eigenvalue weighted by Crippen LogP contribution is 2.39. The molecule has 0 unspecified atom stereocenters.